The molecule has 1 aliphatic rings. The molecule has 5 heteroatoms. The molecule has 4 nitrogen and oxygen atoms in total. The van der Waals surface area contributed by atoms with Crippen molar-refractivity contribution < 1.29 is 0 Å². The molecule has 0 saturated heterocycles. The Hall–Kier alpha value is -7.47. The van der Waals surface area contributed by atoms with Gasteiger partial charge in [0.1, 0.15) is 0 Å². The highest BCUT2D eigenvalue weighted by Gasteiger charge is 2.21. The molecule has 0 saturated carbocycles. The van der Waals surface area contributed by atoms with Gasteiger partial charge in [-0.25, -0.2) is 15.0 Å². The minimum Gasteiger partial charge on any atom is -0.256 e. The summed E-state index contributed by atoms with van der Waals surface area (Å²) in [5.41, 5.74) is 14.4. The van der Waals surface area contributed by atoms with Crippen LogP contribution in [0.5, 0.6) is 0 Å². The van der Waals surface area contributed by atoms with Crippen molar-refractivity contribution in [3.05, 3.63) is 206 Å². The van der Waals surface area contributed by atoms with Gasteiger partial charge in [-0.3, -0.25) is 4.98 Å². The Kier molecular flexibility index (Phi) is 8.72. The third-order valence-corrected chi connectivity index (χ3v) is 12.1. The Morgan fingerprint density at radius 2 is 0.729 bits per heavy atom. The highest BCUT2D eigenvalue weighted by atomic mass is 32.2. The summed E-state index contributed by atoms with van der Waals surface area (Å²) in [6.45, 7) is 0. The van der Waals surface area contributed by atoms with Crippen LogP contribution in [0, 0.1) is 0 Å². The van der Waals surface area contributed by atoms with Crippen LogP contribution in [-0.4, -0.2) is 19.9 Å². The van der Waals surface area contributed by atoms with Crippen LogP contribution in [0.15, 0.2) is 216 Å². The standard InChI is InChI=1S/C54H34N4S/c1-3-9-35(10-4-1)36-21-25-42(26-22-36)53-56-52(41-11-5-2-6-12-41)57-54(58-53)43-27-23-38(24-28-43)37-17-19-39(20-18-37)44-14-7-15-45(33-44)46-29-30-47-49(34-46)59-48-16-8-13-40-31-32-55-51(47)50(40)48/h1-34H. The number of fused-ring (bicyclic) bond motifs is 2. The van der Waals surface area contributed by atoms with Gasteiger partial charge in [-0.15, -0.1) is 0 Å². The summed E-state index contributed by atoms with van der Waals surface area (Å²) in [6.07, 6.45) is 1.92. The zero-order chi connectivity index (χ0) is 39.1. The zero-order valence-corrected chi connectivity index (χ0v) is 32.6. The van der Waals surface area contributed by atoms with E-state index in [2.05, 4.69) is 164 Å². The van der Waals surface area contributed by atoms with E-state index in [4.69, 9.17) is 19.9 Å². The molecule has 0 amide bonds. The second-order valence-electron chi connectivity index (χ2n) is 14.7. The minimum atomic E-state index is 0.638. The van der Waals surface area contributed by atoms with Crippen LogP contribution >= 0.6 is 11.8 Å². The van der Waals surface area contributed by atoms with E-state index >= 15 is 0 Å². The molecule has 276 valence electrons. The lowest BCUT2D eigenvalue weighted by atomic mass is 9.95. The summed E-state index contributed by atoms with van der Waals surface area (Å²) in [4.78, 5) is 22.2. The third-order valence-electron chi connectivity index (χ3n) is 11.0. The number of aromatic nitrogens is 4. The van der Waals surface area contributed by atoms with Crippen LogP contribution in [0.4, 0.5) is 0 Å². The molecule has 59 heavy (non-hydrogen) atoms. The number of rotatable bonds is 7. The Bertz CT molecular complexity index is 3140. The second-order valence-corrected chi connectivity index (χ2v) is 15.8. The van der Waals surface area contributed by atoms with Crippen LogP contribution in [0.25, 0.3) is 101 Å². The van der Waals surface area contributed by atoms with E-state index in [-0.39, 0.29) is 0 Å². The van der Waals surface area contributed by atoms with Gasteiger partial charge in [-0.2, -0.15) is 0 Å². The van der Waals surface area contributed by atoms with Crippen molar-refractivity contribution in [2.75, 3.05) is 0 Å². The summed E-state index contributed by atoms with van der Waals surface area (Å²) in [7, 11) is 0. The van der Waals surface area contributed by atoms with E-state index in [1.54, 1.807) is 0 Å². The topological polar surface area (TPSA) is 51.6 Å². The van der Waals surface area contributed by atoms with Crippen molar-refractivity contribution in [1.82, 2.24) is 19.9 Å². The van der Waals surface area contributed by atoms with Gasteiger partial charge in [0.15, 0.2) is 17.5 Å². The minimum absolute atomic E-state index is 0.638. The van der Waals surface area contributed by atoms with Crippen LogP contribution in [0.1, 0.15) is 0 Å². The van der Waals surface area contributed by atoms with Crippen molar-refractivity contribution in [1.29, 1.82) is 0 Å². The Balaban J connectivity index is 0.855. The highest BCUT2D eigenvalue weighted by molar-refractivity contribution is 7.99. The molecule has 0 spiro atoms. The fourth-order valence-corrected chi connectivity index (χ4v) is 9.09. The van der Waals surface area contributed by atoms with Gasteiger partial charge in [0.2, 0.25) is 0 Å². The predicted octanol–water partition coefficient (Wildman–Crippen LogP) is 14.2. The molecular weight excluding hydrogens is 737 g/mol. The molecule has 2 aromatic heterocycles. The molecule has 11 rings (SSSR count). The maximum absolute atomic E-state index is 4.99. The molecule has 3 heterocycles. The fourth-order valence-electron chi connectivity index (χ4n) is 7.92. The monoisotopic (exact) mass is 770 g/mol. The van der Waals surface area contributed by atoms with Crippen LogP contribution in [0.2, 0.25) is 0 Å². The number of hydrogen-bond donors (Lipinski definition) is 0. The first-order valence-electron chi connectivity index (χ1n) is 19.7. The Labute approximate surface area is 347 Å². The average molecular weight is 771 g/mol. The van der Waals surface area contributed by atoms with Gasteiger partial charge in [-0.05, 0) is 74.2 Å². The van der Waals surface area contributed by atoms with Gasteiger partial charge < -0.3 is 0 Å². The molecule has 0 atom stereocenters. The highest BCUT2D eigenvalue weighted by Crippen LogP contribution is 2.48. The zero-order valence-electron chi connectivity index (χ0n) is 31.8. The quantitative estimate of drug-likeness (QED) is 0.162. The van der Waals surface area contributed by atoms with Gasteiger partial charge in [-0.1, -0.05) is 188 Å². The molecule has 0 radical (unpaired) electrons. The fraction of sp³-hybridized carbons (Fsp3) is 0. The maximum Gasteiger partial charge on any atom is 0.164 e. The number of hydrogen-bond acceptors (Lipinski definition) is 5. The summed E-state index contributed by atoms with van der Waals surface area (Å²) in [5.74, 6) is 1.93. The van der Waals surface area contributed by atoms with E-state index in [0.717, 1.165) is 39.1 Å². The third kappa shape index (κ3) is 6.67. The first kappa shape index (κ1) is 34.8. The lowest BCUT2D eigenvalue weighted by molar-refractivity contribution is 1.07. The van der Waals surface area contributed by atoms with Gasteiger partial charge in [0.05, 0.1) is 5.69 Å². The van der Waals surface area contributed by atoms with Crippen molar-refractivity contribution in [2.45, 2.75) is 9.79 Å². The van der Waals surface area contributed by atoms with E-state index in [0.29, 0.717) is 17.5 Å². The molecule has 1 aliphatic heterocycles. The van der Waals surface area contributed by atoms with Gasteiger partial charge in [0, 0.05) is 43.6 Å². The molecule has 0 N–H and O–H groups in total. The second kappa shape index (κ2) is 14.8. The lowest BCUT2D eigenvalue weighted by Gasteiger charge is -2.20. The largest absolute Gasteiger partial charge is 0.256 e. The van der Waals surface area contributed by atoms with Crippen molar-refractivity contribution in [2.24, 2.45) is 0 Å². The lowest BCUT2D eigenvalue weighted by Crippen LogP contribution is -2.00. The van der Waals surface area contributed by atoms with Crippen LogP contribution in [0.3, 0.4) is 0 Å². The van der Waals surface area contributed by atoms with E-state index < -0.39 is 0 Å². The summed E-state index contributed by atoms with van der Waals surface area (Å²) < 4.78 is 0. The summed E-state index contributed by atoms with van der Waals surface area (Å²) in [5, 5.41) is 2.48. The molecule has 0 aliphatic carbocycles. The number of nitrogens with zero attached hydrogens (tertiary/aromatic N) is 4. The Morgan fingerprint density at radius 1 is 0.305 bits per heavy atom. The number of pyridine rings is 1. The normalized spacial score (nSPS) is 11.7. The molecule has 8 aromatic carbocycles. The molecule has 0 fully saturated rings. The smallest absolute Gasteiger partial charge is 0.164 e. The molecule has 0 unspecified atom stereocenters. The van der Waals surface area contributed by atoms with Crippen LogP contribution < -0.4 is 0 Å². The first-order chi connectivity index (χ1) is 29.2. The molecule has 0 bridgehead atoms. The SMILES string of the molecule is c1ccc(-c2ccc(-c3nc(-c4ccccc4)nc(-c4ccc(-c5ccc(-c6cccc(-c7ccc8c(c7)Sc7cccc9ccnc-8c79)c6)cc5)cc4)n3)cc2)cc1. The summed E-state index contributed by atoms with van der Waals surface area (Å²) >= 11 is 1.83. The molecule has 10 aromatic rings. The summed E-state index contributed by atoms with van der Waals surface area (Å²) in [6, 6.07) is 70.4. The van der Waals surface area contributed by atoms with Gasteiger partial charge >= 0.3 is 0 Å². The van der Waals surface area contributed by atoms with Crippen LogP contribution in [-0.2, 0) is 0 Å². The Morgan fingerprint density at radius 3 is 1.32 bits per heavy atom. The number of benzene rings is 8. The van der Waals surface area contributed by atoms with Crippen molar-refractivity contribution >= 4 is 22.5 Å². The van der Waals surface area contributed by atoms with E-state index in [9.17, 15) is 0 Å². The first-order valence-corrected chi connectivity index (χ1v) is 20.5. The maximum atomic E-state index is 4.99. The predicted molar refractivity (Wildman–Crippen MR) is 243 cm³/mol. The van der Waals surface area contributed by atoms with E-state index in [1.165, 1.54) is 53.9 Å². The van der Waals surface area contributed by atoms with E-state index in [1.807, 2.05) is 54.4 Å². The van der Waals surface area contributed by atoms with Crippen molar-refractivity contribution in [3.8, 4) is 89.9 Å². The molecular formula is C54H34N4S. The average Bonchev–Trinajstić information content (AvgIpc) is 3.32. The van der Waals surface area contributed by atoms with Gasteiger partial charge in [0.25, 0.3) is 0 Å². The van der Waals surface area contributed by atoms with Crippen molar-refractivity contribution in [3.63, 3.8) is 0 Å².